The minimum atomic E-state index is -1.39. The molecule has 9 heteroatoms. The van der Waals surface area contributed by atoms with Crippen LogP contribution in [-0.2, 0) is 23.9 Å². The van der Waals surface area contributed by atoms with Crippen LogP contribution in [0.15, 0.2) is 60.8 Å². The second-order valence-corrected chi connectivity index (χ2v) is 12.6. The Morgan fingerprint density at radius 1 is 0.640 bits per heavy atom. The van der Waals surface area contributed by atoms with Crippen molar-refractivity contribution in [3.8, 4) is 0 Å². The second kappa shape index (κ2) is 35.4. The van der Waals surface area contributed by atoms with Gasteiger partial charge >= 0.3 is 11.9 Å². The molecule has 0 rings (SSSR count). The lowest BCUT2D eigenvalue weighted by Crippen LogP contribution is -2.47. The van der Waals surface area contributed by atoms with E-state index in [9.17, 15) is 19.2 Å². The van der Waals surface area contributed by atoms with Gasteiger partial charge in [-0.25, -0.2) is 4.79 Å². The molecule has 4 N–H and O–H groups in total. The number of amides is 2. The summed E-state index contributed by atoms with van der Waals surface area (Å²) in [6.45, 7) is 3.29. The third kappa shape index (κ3) is 31.8. The number of hydrogen-bond acceptors (Lipinski definition) is 6. The quantitative estimate of drug-likeness (QED) is 0.0305. The number of hydrogen-bond donors (Lipinski definition) is 4. The number of aliphatic carboxylic acids is 1. The smallest absolute Gasteiger partial charge is 0.328 e. The topological polar surface area (TPSA) is 142 Å². The maximum Gasteiger partial charge on any atom is 0.328 e. The number of rotatable bonds is 33. The number of unbranched alkanes of at least 4 members (excludes halogenated alkanes) is 11. The number of nitrogens with one attached hydrogen (secondary N) is 2. The first kappa shape index (κ1) is 46.5. The fraction of sp³-hybridized carbons (Fsp3) is 0.659. The fourth-order valence-corrected chi connectivity index (χ4v) is 5.02. The van der Waals surface area contributed by atoms with Crippen molar-refractivity contribution in [2.45, 2.75) is 161 Å². The maximum absolute atomic E-state index is 12.6. The highest BCUT2D eigenvalue weighted by Gasteiger charge is 2.18. The van der Waals surface area contributed by atoms with Gasteiger partial charge in [-0.05, 0) is 83.1 Å². The van der Waals surface area contributed by atoms with E-state index in [0.717, 1.165) is 83.5 Å². The molecule has 0 spiro atoms. The highest BCUT2D eigenvalue weighted by molar-refractivity contribution is 5.87. The molecule has 0 saturated heterocycles. The summed E-state index contributed by atoms with van der Waals surface area (Å²) in [5, 5.41) is 22.5. The molecule has 2 atom stereocenters. The van der Waals surface area contributed by atoms with Crippen LogP contribution in [0.25, 0.3) is 0 Å². The van der Waals surface area contributed by atoms with Crippen molar-refractivity contribution in [3.63, 3.8) is 0 Å². The number of carboxylic acid groups (broad SMARTS) is 1. The first-order valence-corrected chi connectivity index (χ1v) is 19.2. The Morgan fingerprint density at radius 2 is 1.20 bits per heavy atom. The molecular weight excluding hydrogens is 632 g/mol. The van der Waals surface area contributed by atoms with Gasteiger partial charge < -0.3 is 25.6 Å². The van der Waals surface area contributed by atoms with Crippen LogP contribution in [0, 0.1) is 0 Å². The number of carbonyl (C=O) groups excluding carboxylic acids is 3. The van der Waals surface area contributed by atoms with Crippen LogP contribution >= 0.6 is 0 Å². The maximum atomic E-state index is 12.6. The molecule has 0 aromatic carbocycles. The third-order valence-corrected chi connectivity index (χ3v) is 7.98. The molecule has 0 saturated carbocycles. The Morgan fingerprint density at radius 3 is 1.86 bits per heavy atom. The molecule has 50 heavy (non-hydrogen) atoms. The van der Waals surface area contributed by atoms with Gasteiger partial charge in [0, 0.05) is 12.8 Å². The molecular formula is C41H68N2O7. The van der Waals surface area contributed by atoms with Gasteiger partial charge in [0.05, 0.1) is 13.2 Å². The summed E-state index contributed by atoms with van der Waals surface area (Å²) in [6, 6.07) is -1.39. The van der Waals surface area contributed by atoms with Crippen molar-refractivity contribution < 1.29 is 34.1 Å². The van der Waals surface area contributed by atoms with Crippen LogP contribution in [0.2, 0.25) is 0 Å². The minimum absolute atomic E-state index is 0.154. The predicted molar refractivity (Wildman–Crippen MR) is 204 cm³/mol. The van der Waals surface area contributed by atoms with Crippen LogP contribution in [0.5, 0.6) is 0 Å². The van der Waals surface area contributed by atoms with Gasteiger partial charge in [-0.2, -0.15) is 0 Å². The summed E-state index contributed by atoms with van der Waals surface area (Å²) in [5.74, 6) is -2.46. The summed E-state index contributed by atoms with van der Waals surface area (Å²) in [7, 11) is 0. The lowest BCUT2D eigenvalue weighted by Gasteiger charge is -2.15. The Labute approximate surface area is 302 Å². The molecule has 0 aliphatic heterocycles. The zero-order valence-electron chi connectivity index (χ0n) is 31.1. The molecule has 0 fully saturated rings. The van der Waals surface area contributed by atoms with Gasteiger partial charge in [0.15, 0.2) is 0 Å². The monoisotopic (exact) mass is 701 g/mol. The fourth-order valence-electron chi connectivity index (χ4n) is 5.02. The van der Waals surface area contributed by atoms with Crippen molar-refractivity contribution >= 4 is 23.8 Å². The van der Waals surface area contributed by atoms with Crippen molar-refractivity contribution in [1.29, 1.82) is 0 Å². The number of aliphatic hydroxyl groups excluding tert-OH is 1. The van der Waals surface area contributed by atoms with Gasteiger partial charge in [-0.15, -0.1) is 0 Å². The molecule has 0 bridgehead atoms. The van der Waals surface area contributed by atoms with Crippen LogP contribution in [0.4, 0.5) is 0 Å². The number of allylic oxidation sites excluding steroid dienone is 9. The molecule has 2 amide bonds. The van der Waals surface area contributed by atoms with Crippen LogP contribution in [-0.4, -0.2) is 59.3 Å². The first-order valence-electron chi connectivity index (χ1n) is 19.2. The number of carbonyl (C=O) groups is 4. The second-order valence-electron chi connectivity index (χ2n) is 12.6. The van der Waals surface area contributed by atoms with Gasteiger partial charge in [0.1, 0.15) is 12.1 Å². The number of carboxylic acids is 1. The van der Waals surface area contributed by atoms with E-state index in [-0.39, 0.29) is 30.9 Å². The molecule has 0 aromatic heterocycles. The van der Waals surface area contributed by atoms with Crippen molar-refractivity contribution in [1.82, 2.24) is 10.6 Å². The zero-order chi connectivity index (χ0) is 36.9. The number of aliphatic hydroxyl groups is 1. The molecule has 9 nitrogen and oxygen atoms in total. The lowest BCUT2D eigenvalue weighted by molar-refractivity contribution is -0.147. The molecule has 0 aliphatic rings. The van der Waals surface area contributed by atoms with E-state index < -0.39 is 24.5 Å². The first-order chi connectivity index (χ1) is 24.3. The van der Waals surface area contributed by atoms with Crippen molar-refractivity contribution in [3.05, 3.63) is 60.8 Å². The summed E-state index contributed by atoms with van der Waals surface area (Å²) < 4.78 is 5.86. The van der Waals surface area contributed by atoms with E-state index in [4.69, 9.17) is 14.9 Å². The van der Waals surface area contributed by atoms with Crippen LogP contribution in [0.3, 0.4) is 0 Å². The van der Waals surface area contributed by atoms with E-state index in [1.807, 2.05) is 6.08 Å². The van der Waals surface area contributed by atoms with Gasteiger partial charge in [0.2, 0.25) is 11.8 Å². The molecule has 0 aliphatic carbocycles. The number of esters is 1. The van der Waals surface area contributed by atoms with Gasteiger partial charge in [0.25, 0.3) is 0 Å². The standard InChI is InChI=1S/C41H68N2O7/c1-3-5-7-9-11-13-14-15-16-17-18-19-21-23-29-33-40(47)50-36(30-26-22-20-12-10-8-6-4-2)31-27-24-25-28-32-38(45)42-34-39(46)43-37(35-44)41(48)49/h5,7,11,13,15-16,18-19,26,30,36-37,44H,3-4,6,8-10,12,14,17,20-25,27-29,31-35H2,1-2H3,(H,42,45)(H,43,46)(H,48,49)/b7-5-,13-11-,16-15-,19-18-,30-26-. The third-order valence-electron chi connectivity index (χ3n) is 7.98. The van der Waals surface area contributed by atoms with Crippen LogP contribution < -0.4 is 10.6 Å². The summed E-state index contributed by atoms with van der Waals surface area (Å²) >= 11 is 0. The Hall–Kier alpha value is -3.46. The lowest BCUT2D eigenvalue weighted by atomic mass is 10.1. The average Bonchev–Trinajstić information content (AvgIpc) is 3.10. The van der Waals surface area contributed by atoms with Crippen LogP contribution in [0.1, 0.15) is 149 Å². The van der Waals surface area contributed by atoms with Crippen molar-refractivity contribution in [2.75, 3.05) is 13.2 Å². The van der Waals surface area contributed by atoms with E-state index >= 15 is 0 Å². The van der Waals surface area contributed by atoms with Gasteiger partial charge in [-0.3, -0.25) is 14.4 Å². The predicted octanol–water partition coefficient (Wildman–Crippen LogP) is 8.59. The van der Waals surface area contributed by atoms with E-state index in [0.29, 0.717) is 12.8 Å². The highest BCUT2D eigenvalue weighted by Crippen LogP contribution is 2.14. The summed E-state index contributed by atoms with van der Waals surface area (Å²) in [4.78, 5) is 47.4. The van der Waals surface area contributed by atoms with E-state index in [2.05, 4.69) is 79.2 Å². The summed E-state index contributed by atoms with van der Waals surface area (Å²) in [5.41, 5.74) is 0. The van der Waals surface area contributed by atoms with E-state index in [1.54, 1.807) is 0 Å². The summed E-state index contributed by atoms with van der Waals surface area (Å²) in [6.07, 6.45) is 41.2. The zero-order valence-corrected chi connectivity index (χ0v) is 31.1. The molecule has 0 radical (unpaired) electrons. The Bertz CT molecular complexity index is 1030. The Kier molecular flexibility index (Phi) is 32.9. The minimum Gasteiger partial charge on any atom is -0.480 e. The normalized spacial score (nSPS) is 13.2. The molecule has 0 heterocycles. The molecule has 0 aromatic rings. The SMILES string of the molecule is CC/C=C\C/C=C\C/C=C\C/C=C\CCCCC(=O)OC(/C=C\CCCCCCCC)CCCCCCC(=O)NCC(=O)NC(CO)C(=O)O. The number of ether oxygens (including phenoxy) is 1. The molecule has 2 unspecified atom stereocenters. The van der Waals surface area contributed by atoms with Crippen molar-refractivity contribution in [2.24, 2.45) is 0 Å². The van der Waals surface area contributed by atoms with E-state index in [1.165, 1.54) is 32.1 Å². The largest absolute Gasteiger partial charge is 0.480 e. The van der Waals surface area contributed by atoms with Gasteiger partial charge in [-0.1, -0.05) is 113 Å². The average molecular weight is 701 g/mol. The molecule has 284 valence electrons. The highest BCUT2D eigenvalue weighted by atomic mass is 16.5. The Balaban J connectivity index is 4.40.